The van der Waals surface area contributed by atoms with E-state index in [1.165, 1.54) is 0 Å². The molecule has 0 aliphatic heterocycles. The first-order valence-corrected chi connectivity index (χ1v) is 6.04. The number of hydrogen-bond donors (Lipinski definition) is 4. The Morgan fingerprint density at radius 2 is 1.55 bits per heavy atom. The summed E-state index contributed by atoms with van der Waals surface area (Å²) >= 11 is 0. The van der Waals surface area contributed by atoms with Crippen molar-refractivity contribution in [3.05, 3.63) is 6.92 Å². The lowest BCUT2D eigenvalue weighted by atomic mass is 10.6. The molecule has 0 bridgehead atoms. The van der Waals surface area contributed by atoms with Crippen LogP contribution in [0.15, 0.2) is 0 Å². The molecular formula is C3H9O6P2. The van der Waals surface area contributed by atoms with Crippen molar-refractivity contribution >= 4 is 15.2 Å². The van der Waals surface area contributed by atoms with Crippen LogP contribution in [0, 0.1) is 6.92 Å². The first-order chi connectivity index (χ1) is 4.63. The molecule has 0 aromatic carbocycles. The molecule has 0 rings (SSSR count). The Morgan fingerprint density at radius 3 is 1.64 bits per heavy atom. The van der Waals surface area contributed by atoms with Gasteiger partial charge < -0.3 is 19.6 Å². The molecule has 0 fully saturated rings. The van der Waals surface area contributed by atoms with E-state index in [4.69, 9.17) is 19.6 Å². The Morgan fingerprint density at radius 1 is 1.18 bits per heavy atom. The number of hydrogen-bond acceptors (Lipinski definition) is 2. The second kappa shape index (κ2) is 3.35. The normalized spacial score (nSPS) is 16.5. The van der Waals surface area contributed by atoms with Crippen molar-refractivity contribution in [2.45, 2.75) is 5.66 Å². The van der Waals surface area contributed by atoms with E-state index >= 15 is 0 Å². The second-order valence-electron chi connectivity index (χ2n) is 2.09. The van der Waals surface area contributed by atoms with Crippen molar-refractivity contribution in [3.63, 3.8) is 0 Å². The maximum Gasteiger partial charge on any atom is 0.329 e. The van der Waals surface area contributed by atoms with Crippen molar-refractivity contribution in [2.75, 3.05) is 6.16 Å². The molecule has 11 heavy (non-hydrogen) atoms. The maximum atomic E-state index is 10.3. The van der Waals surface area contributed by atoms with E-state index in [1.54, 1.807) is 0 Å². The van der Waals surface area contributed by atoms with Gasteiger partial charge in [-0.05, 0) is 6.92 Å². The molecule has 4 N–H and O–H groups in total. The van der Waals surface area contributed by atoms with E-state index in [2.05, 4.69) is 6.92 Å². The minimum absolute atomic E-state index is 0.892. The van der Waals surface area contributed by atoms with Crippen LogP contribution >= 0.6 is 15.2 Å². The van der Waals surface area contributed by atoms with Gasteiger partial charge in [-0.15, -0.1) is 0 Å². The van der Waals surface area contributed by atoms with Crippen LogP contribution in [-0.4, -0.2) is 31.4 Å². The summed E-state index contributed by atoms with van der Waals surface area (Å²) in [5.41, 5.74) is -1.54. The van der Waals surface area contributed by atoms with Crippen molar-refractivity contribution < 1.29 is 28.7 Å². The molecule has 1 radical (unpaired) electrons. The lowest BCUT2D eigenvalue weighted by Gasteiger charge is -2.13. The monoisotopic (exact) mass is 203 g/mol. The minimum atomic E-state index is -4.46. The van der Waals surface area contributed by atoms with Crippen LogP contribution < -0.4 is 0 Å². The van der Waals surface area contributed by atoms with Crippen molar-refractivity contribution in [3.8, 4) is 0 Å². The summed E-state index contributed by atoms with van der Waals surface area (Å²) in [5, 5.41) is 0. The SMILES string of the molecule is [CH2]C(CP(=O)(O)O)P(=O)(O)O. The first-order valence-electron chi connectivity index (χ1n) is 2.56. The molecule has 8 heteroatoms. The standard InChI is InChI=1S/C3H9O6P2/c1-3(11(7,8)9)2-10(4,5)6/h3H,1-2H2,(H2,4,5,6)(H2,7,8,9). The summed E-state index contributed by atoms with van der Waals surface area (Å²) in [6, 6.07) is 0. The summed E-state index contributed by atoms with van der Waals surface area (Å²) < 4.78 is 20.5. The first kappa shape index (κ1) is 11.3. The van der Waals surface area contributed by atoms with Crippen molar-refractivity contribution in [2.24, 2.45) is 0 Å². The van der Waals surface area contributed by atoms with Gasteiger partial charge in [-0.3, -0.25) is 9.13 Å². The quantitative estimate of drug-likeness (QED) is 0.461. The largest absolute Gasteiger partial charge is 0.329 e. The highest BCUT2D eigenvalue weighted by Crippen LogP contribution is 2.48. The average molecular weight is 203 g/mol. The predicted molar refractivity (Wildman–Crippen MR) is 38.1 cm³/mol. The Labute approximate surface area is 63.6 Å². The molecule has 0 aliphatic carbocycles. The average Bonchev–Trinajstić information content (AvgIpc) is 1.56. The van der Waals surface area contributed by atoms with Gasteiger partial charge in [0, 0.05) is 0 Å². The lowest BCUT2D eigenvalue weighted by molar-refractivity contribution is 0.352. The van der Waals surface area contributed by atoms with Gasteiger partial charge >= 0.3 is 15.2 Å². The third kappa shape index (κ3) is 5.56. The third-order valence-corrected chi connectivity index (χ3v) is 3.26. The van der Waals surface area contributed by atoms with Crippen LogP contribution in [0.25, 0.3) is 0 Å². The molecule has 0 heterocycles. The van der Waals surface area contributed by atoms with E-state index < -0.39 is 27.0 Å². The van der Waals surface area contributed by atoms with Gasteiger partial charge in [-0.1, -0.05) is 0 Å². The fourth-order valence-corrected chi connectivity index (χ4v) is 2.42. The Kier molecular flexibility index (Phi) is 3.44. The smallest absolute Gasteiger partial charge is 0.324 e. The molecule has 1 unspecified atom stereocenters. The van der Waals surface area contributed by atoms with Crippen LogP contribution in [0.2, 0.25) is 0 Å². The highest BCUT2D eigenvalue weighted by Gasteiger charge is 2.30. The van der Waals surface area contributed by atoms with E-state index in [0.29, 0.717) is 0 Å². The maximum absolute atomic E-state index is 10.3. The Bertz CT molecular complexity index is 212. The van der Waals surface area contributed by atoms with Gasteiger partial charge in [-0.2, -0.15) is 0 Å². The van der Waals surface area contributed by atoms with Crippen LogP contribution in [-0.2, 0) is 9.13 Å². The molecule has 67 valence electrons. The fourth-order valence-electron chi connectivity index (χ4n) is 0.381. The van der Waals surface area contributed by atoms with E-state index in [1.807, 2.05) is 0 Å². The Hall–Kier alpha value is 0.300. The van der Waals surface area contributed by atoms with Crippen molar-refractivity contribution in [1.82, 2.24) is 0 Å². The van der Waals surface area contributed by atoms with Crippen LogP contribution in [0.3, 0.4) is 0 Å². The fraction of sp³-hybridized carbons (Fsp3) is 0.667. The van der Waals surface area contributed by atoms with Gasteiger partial charge in [-0.25, -0.2) is 0 Å². The van der Waals surface area contributed by atoms with E-state index in [-0.39, 0.29) is 0 Å². The van der Waals surface area contributed by atoms with Crippen molar-refractivity contribution in [1.29, 1.82) is 0 Å². The third-order valence-electron chi connectivity index (χ3n) is 0.924. The summed E-state index contributed by atoms with van der Waals surface area (Å²) in [6.45, 7) is 2.94. The van der Waals surface area contributed by atoms with Gasteiger partial charge in [0.2, 0.25) is 0 Å². The van der Waals surface area contributed by atoms with Gasteiger partial charge in [0.15, 0.2) is 0 Å². The molecule has 0 aliphatic rings. The van der Waals surface area contributed by atoms with Gasteiger partial charge in [0.1, 0.15) is 0 Å². The van der Waals surface area contributed by atoms with E-state index in [9.17, 15) is 9.13 Å². The Balaban J connectivity index is 4.22. The second-order valence-corrected chi connectivity index (χ2v) is 5.69. The molecule has 6 nitrogen and oxygen atoms in total. The summed E-state index contributed by atoms with van der Waals surface area (Å²) in [4.78, 5) is 33.3. The van der Waals surface area contributed by atoms with Gasteiger partial charge in [0.25, 0.3) is 0 Å². The molecule has 0 saturated heterocycles. The summed E-state index contributed by atoms with van der Waals surface area (Å²) in [5.74, 6) is 0. The minimum Gasteiger partial charge on any atom is -0.324 e. The molecule has 1 atom stereocenters. The highest BCUT2D eigenvalue weighted by molar-refractivity contribution is 7.56. The molecule has 0 aromatic heterocycles. The topological polar surface area (TPSA) is 115 Å². The zero-order valence-electron chi connectivity index (χ0n) is 5.49. The summed E-state index contributed by atoms with van der Waals surface area (Å²) in [6.07, 6.45) is -0.892. The molecule has 0 spiro atoms. The zero-order valence-corrected chi connectivity index (χ0v) is 7.28. The molecule has 0 amide bonds. The molecule has 0 saturated carbocycles. The van der Waals surface area contributed by atoms with Crippen LogP contribution in [0.1, 0.15) is 0 Å². The highest BCUT2D eigenvalue weighted by atomic mass is 31.2. The van der Waals surface area contributed by atoms with Crippen LogP contribution in [0.5, 0.6) is 0 Å². The lowest BCUT2D eigenvalue weighted by Crippen LogP contribution is -2.09. The summed E-state index contributed by atoms with van der Waals surface area (Å²) in [7, 11) is -8.83. The molecule has 0 aromatic rings. The van der Waals surface area contributed by atoms with Crippen LogP contribution in [0.4, 0.5) is 0 Å². The zero-order chi connectivity index (χ0) is 9.28. The molecular weight excluding hydrogens is 194 g/mol. The predicted octanol–water partition coefficient (Wildman–Crippen LogP) is -0.456. The van der Waals surface area contributed by atoms with E-state index in [0.717, 1.165) is 0 Å². The number of rotatable bonds is 3. The van der Waals surface area contributed by atoms with Gasteiger partial charge in [0.05, 0.1) is 11.8 Å².